The molecular weight excluding hydrogens is 330 g/mol. The number of hydrogen-bond acceptors (Lipinski definition) is 4. The SMILES string of the molecule is Cc1cc(C(=O)N2CCN(C(=O)C3CCCCN3)CC2)c(C)o1.Cl. The number of aryl methyl sites for hydroxylation is 2. The van der Waals surface area contributed by atoms with Crippen molar-refractivity contribution < 1.29 is 14.0 Å². The Morgan fingerprint density at radius 3 is 2.33 bits per heavy atom. The number of halogens is 1. The summed E-state index contributed by atoms with van der Waals surface area (Å²) in [6.07, 6.45) is 3.18. The van der Waals surface area contributed by atoms with E-state index in [1.165, 1.54) is 0 Å². The third-order valence-electron chi connectivity index (χ3n) is 4.76. The Morgan fingerprint density at radius 1 is 1.12 bits per heavy atom. The van der Waals surface area contributed by atoms with Crippen LogP contribution >= 0.6 is 12.4 Å². The number of furan rings is 1. The van der Waals surface area contributed by atoms with Crippen LogP contribution in [0.4, 0.5) is 0 Å². The van der Waals surface area contributed by atoms with Crippen LogP contribution in [0.15, 0.2) is 10.5 Å². The molecule has 1 aromatic rings. The van der Waals surface area contributed by atoms with Crippen LogP contribution in [0.25, 0.3) is 0 Å². The molecule has 1 aromatic heterocycles. The molecule has 2 fully saturated rings. The summed E-state index contributed by atoms with van der Waals surface area (Å²) in [6.45, 7) is 6.97. The van der Waals surface area contributed by atoms with Crippen molar-refractivity contribution in [2.24, 2.45) is 0 Å². The molecule has 0 radical (unpaired) electrons. The molecule has 2 amide bonds. The first kappa shape index (κ1) is 18.8. The first-order chi connectivity index (χ1) is 11.1. The van der Waals surface area contributed by atoms with E-state index in [2.05, 4.69) is 5.32 Å². The van der Waals surface area contributed by atoms with Gasteiger partial charge in [0.2, 0.25) is 5.91 Å². The highest BCUT2D eigenvalue weighted by Gasteiger charge is 2.30. The van der Waals surface area contributed by atoms with E-state index in [9.17, 15) is 9.59 Å². The predicted molar refractivity (Wildman–Crippen MR) is 93.6 cm³/mol. The normalized spacial score (nSPS) is 21.3. The number of carbonyl (C=O) groups is 2. The second-order valence-electron chi connectivity index (χ2n) is 6.45. The Morgan fingerprint density at radius 2 is 1.79 bits per heavy atom. The van der Waals surface area contributed by atoms with Gasteiger partial charge in [-0.1, -0.05) is 6.42 Å². The Kier molecular flexibility index (Phi) is 6.29. The summed E-state index contributed by atoms with van der Waals surface area (Å²) in [4.78, 5) is 28.8. The van der Waals surface area contributed by atoms with E-state index in [-0.39, 0.29) is 30.3 Å². The second kappa shape index (κ2) is 8.03. The van der Waals surface area contributed by atoms with Gasteiger partial charge in [0.05, 0.1) is 11.6 Å². The van der Waals surface area contributed by atoms with Gasteiger partial charge in [0, 0.05) is 26.2 Å². The molecule has 0 aromatic carbocycles. The van der Waals surface area contributed by atoms with Crippen LogP contribution in [0.1, 0.15) is 41.1 Å². The first-order valence-corrected chi connectivity index (χ1v) is 8.45. The molecule has 24 heavy (non-hydrogen) atoms. The van der Waals surface area contributed by atoms with Crippen LogP contribution in [0, 0.1) is 13.8 Å². The average molecular weight is 356 g/mol. The number of nitrogens with one attached hydrogen (secondary N) is 1. The van der Waals surface area contributed by atoms with Gasteiger partial charge in [-0.15, -0.1) is 12.4 Å². The fourth-order valence-electron chi connectivity index (χ4n) is 3.43. The van der Waals surface area contributed by atoms with Gasteiger partial charge in [-0.2, -0.15) is 0 Å². The molecule has 3 heterocycles. The van der Waals surface area contributed by atoms with Crippen LogP contribution in [-0.4, -0.2) is 60.4 Å². The number of piperazine rings is 1. The summed E-state index contributed by atoms with van der Waals surface area (Å²) in [6, 6.07) is 1.76. The molecule has 1 atom stereocenters. The molecule has 0 saturated carbocycles. The van der Waals surface area contributed by atoms with E-state index in [1.54, 1.807) is 6.07 Å². The highest BCUT2D eigenvalue weighted by atomic mass is 35.5. The van der Waals surface area contributed by atoms with E-state index >= 15 is 0 Å². The van der Waals surface area contributed by atoms with Crippen molar-refractivity contribution >= 4 is 24.2 Å². The van der Waals surface area contributed by atoms with Gasteiger partial charge in [-0.3, -0.25) is 9.59 Å². The molecule has 0 bridgehead atoms. The number of hydrogen-bond donors (Lipinski definition) is 1. The monoisotopic (exact) mass is 355 g/mol. The number of amides is 2. The van der Waals surface area contributed by atoms with Gasteiger partial charge in [-0.25, -0.2) is 0 Å². The van der Waals surface area contributed by atoms with E-state index in [4.69, 9.17) is 4.42 Å². The summed E-state index contributed by atoms with van der Waals surface area (Å²) in [5.74, 6) is 1.61. The first-order valence-electron chi connectivity index (χ1n) is 8.45. The Balaban J connectivity index is 0.00000208. The molecule has 6 nitrogen and oxygen atoms in total. The third-order valence-corrected chi connectivity index (χ3v) is 4.76. The smallest absolute Gasteiger partial charge is 0.257 e. The van der Waals surface area contributed by atoms with Crippen molar-refractivity contribution in [1.29, 1.82) is 0 Å². The maximum Gasteiger partial charge on any atom is 0.257 e. The third kappa shape index (κ3) is 3.92. The summed E-state index contributed by atoms with van der Waals surface area (Å²) in [5.41, 5.74) is 0.635. The summed E-state index contributed by atoms with van der Waals surface area (Å²) < 4.78 is 5.44. The van der Waals surface area contributed by atoms with Crippen LogP contribution in [0.2, 0.25) is 0 Å². The number of piperidine rings is 1. The molecule has 7 heteroatoms. The molecule has 0 spiro atoms. The number of nitrogens with zero attached hydrogens (tertiary/aromatic N) is 2. The molecule has 2 aliphatic heterocycles. The molecule has 134 valence electrons. The largest absolute Gasteiger partial charge is 0.466 e. The zero-order chi connectivity index (χ0) is 16.4. The predicted octanol–water partition coefficient (Wildman–Crippen LogP) is 1.74. The van der Waals surface area contributed by atoms with Gasteiger partial charge >= 0.3 is 0 Å². The van der Waals surface area contributed by atoms with Crippen LogP contribution in [0.3, 0.4) is 0 Å². The van der Waals surface area contributed by atoms with E-state index < -0.39 is 0 Å². The van der Waals surface area contributed by atoms with Gasteiger partial charge in [0.25, 0.3) is 5.91 Å². The number of rotatable bonds is 2. The minimum Gasteiger partial charge on any atom is -0.466 e. The quantitative estimate of drug-likeness (QED) is 0.877. The van der Waals surface area contributed by atoms with Crippen molar-refractivity contribution in [2.75, 3.05) is 32.7 Å². The molecular formula is C17H26ClN3O3. The lowest BCUT2D eigenvalue weighted by Crippen LogP contribution is -2.55. The van der Waals surface area contributed by atoms with Gasteiger partial charge in [-0.05, 0) is 39.3 Å². The van der Waals surface area contributed by atoms with Gasteiger partial charge < -0.3 is 19.5 Å². The zero-order valence-electron chi connectivity index (χ0n) is 14.3. The van der Waals surface area contributed by atoms with Crippen molar-refractivity contribution in [2.45, 2.75) is 39.2 Å². The van der Waals surface area contributed by atoms with Crippen molar-refractivity contribution in [1.82, 2.24) is 15.1 Å². The Bertz CT molecular complexity index is 588. The zero-order valence-corrected chi connectivity index (χ0v) is 15.2. The van der Waals surface area contributed by atoms with E-state index in [0.717, 1.165) is 31.6 Å². The lowest BCUT2D eigenvalue weighted by molar-refractivity contribution is -0.135. The Labute approximate surface area is 149 Å². The molecule has 3 rings (SSSR count). The number of carbonyl (C=O) groups excluding carboxylic acids is 2. The molecule has 1 N–H and O–H groups in total. The summed E-state index contributed by atoms with van der Waals surface area (Å²) in [7, 11) is 0. The molecule has 2 aliphatic rings. The molecule has 0 aliphatic carbocycles. The standard InChI is InChI=1S/C17H25N3O3.ClH/c1-12-11-14(13(2)23-12)16(21)19-7-9-20(10-8-19)17(22)15-5-3-4-6-18-15;/h11,15,18H,3-10H2,1-2H3;1H. The van der Waals surface area contributed by atoms with Gasteiger partial charge in [0.15, 0.2) is 0 Å². The lowest BCUT2D eigenvalue weighted by atomic mass is 10.0. The van der Waals surface area contributed by atoms with Crippen LogP contribution in [-0.2, 0) is 4.79 Å². The second-order valence-corrected chi connectivity index (χ2v) is 6.45. The van der Waals surface area contributed by atoms with Gasteiger partial charge in [0.1, 0.15) is 11.5 Å². The average Bonchev–Trinajstić information content (AvgIpc) is 2.93. The molecule has 1 unspecified atom stereocenters. The Hall–Kier alpha value is -1.53. The van der Waals surface area contributed by atoms with E-state index in [0.29, 0.717) is 37.5 Å². The maximum atomic E-state index is 12.6. The van der Waals surface area contributed by atoms with Crippen LogP contribution < -0.4 is 5.32 Å². The fraction of sp³-hybridized carbons (Fsp3) is 0.647. The minimum atomic E-state index is -0.0373. The molecule has 2 saturated heterocycles. The maximum absolute atomic E-state index is 12.6. The van der Waals surface area contributed by atoms with E-state index in [1.807, 2.05) is 23.6 Å². The minimum absolute atomic E-state index is 0. The summed E-state index contributed by atoms with van der Waals surface area (Å²) in [5, 5.41) is 3.30. The van der Waals surface area contributed by atoms with Crippen LogP contribution in [0.5, 0.6) is 0 Å². The highest BCUT2D eigenvalue weighted by molar-refractivity contribution is 5.95. The van der Waals surface area contributed by atoms with Crippen molar-refractivity contribution in [3.8, 4) is 0 Å². The van der Waals surface area contributed by atoms with Crippen molar-refractivity contribution in [3.05, 3.63) is 23.2 Å². The fourth-order valence-corrected chi connectivity index (χ4v) is 3.43. The summed E-state index contributed by atoms with van der Waals surface area (Å²) >= 11 is 0. The highest BCUT2D eigenvalue weighted by Crippen LogP contribution is 2.18. The topological polar surface area (TPSA) is 65.8 Å². The van der Waals surface area contributed by atoms with Crippen molar-refractivity contribution in [3.63, 3.8) is 0 Å². The lowest BCUT2D eigenvalue weighted by Gasteiger charge is -2.37.